The third kappa shape index (κ3) is 8.10. The molecular formula is C30H31Cl2IN2O3. The van der Waals surface area contributed by atoms with Crippen LogP contribution in [0.2, 0.25) is 10.0 Å². The molecule has 1 saturated carbocycles. The van der Waals surface area contributed by atoms with Gasteiger partial charge in [-0.15, -0.1) is 0 Å². The van der Waals surface area contributed by atoms with Crippen LogP contribution in [0.1, 0.15) is 43.2 Å². The maximum atomic E-state index is 13.8. The summed E-state index contributed by atoms with van der Waals surface area (Å²) < 4.78 is 6.91. The number of ether oxygens (including phenoxy) is 1. The average molecular weight is 665 g/mol. The molecule has 0 radical (unpaired) electrons. The van der Waals surface area contributed by atoms with Gasteiger partial charge in [-0.1, -0.05) is 78.9 Å². The zero-order valence-electron chi connectivity index (χ0n) is 21.0. The Kier molecular flexibility index (Phi) is 10.7. The van der Waals surface area contributed by atoms with Gasteiger partial charge in [-0.05, 0) is 77.4 Å². The summed E-state index contributed by atoms with van der Waals surface area (Å²) in [6.07, 6.45) is 5.63. The average Bonchev–Trinajstić information content (AvgIpc) is 2.92. The first kappa shape index (κ1) is 28.7. The Balaban J connectivity index is 1.64. The number of amides is 2. The number of nitrogens with one attached hydrogen (secondary N) is 1. The Morgan fingerprint density at radius 3 is 2.24 bits per heavy atom. The van der Waals surface area contributed by atoms with Crippen molar-refractivity contribution in [2.24, 2.45) is 0 Å². The van der Waals surface area contributed by atoms with E-state index in [4.69, 9.17) is 27.9 Å². The number of hydrogen-bond donors (Lipinski definition) is 1. The lowest BCUT2D eigenvalue weighted by Gasteiger charge is -2.33. The lowest BCUT2D eigenvalue weighted by atomic mass is 9.94. The van der Waals surface area contributed by atoms with Gasteiger partial charge in [-0.3, -0.25) is 9.59 Å². The van der Waals surface area contributed by atoms with Gasteiger partial charge in [0.05, 0.1) is 0 Å². The van der Waals surface area contributed by atoms with Gasteiger partial charge < -0.3 is 15.0 Å². The van der Waals surface area contributed by atoms with Crippen molar-refractivity contribution in [1.29, 1.82) is 0 Å². The highest BCUT2D eigenvalue weighted by Crippen LogP contribution is 2.28. The SMILES string of the molecule is O=C(NC1CCCCC1)[C@@H](Cc1ccccc1)N(Cc1c(Cl)cccc1Cl)C(=O)COc1ccc(I)cc1. The minimum atomic E-state index is -0.764. The molecule has 0 heterocycles. The van der Waals surface area contributed by atoms with E-state index in [1.54, 1.807) is 23.1 Å². The standard InChI is InChI=1S/C30H31Cl2IN2O3/c31-26-12-7-13-27(32)25(26)19-35(29(36)20-38-24-16-14-22(33)15-17-24)28(18-21-8-3-1-4-9-21)30(37)34-23-10-5-2-6-11-23/h1,3-4,7-9,12-17,23,28H,2,5-6,10-11,18-20H2,(H,34,37)/t28-/m1/s1. The largest absolute Gasteiger partial charge is 0.484 e. The molecule has 2 amide bonds. The Bertz CT molecular complexity index is 1200. The van der Waals surface area contributed by atoms with Crippen LogP contribution in [0.25, 0.3) is 0 Å². The summed E-state index contributed by atoms with van der Waals surface area (Å²) in [5, 5.41) is 4.12. The van der Waals surface area contributed by atoms with Crippen molar-refractivity contribution in [2.75, 3.05) is 6.61 Å². The molecule has 0 aromatic heterocycles. The second-order valence-corrected chi connectivity index (χ2v) is 11.6. The molecule has 0 spiro atoms. The molecule has 0 unspecified atom stereocenters. The van der Waals surface area contributed by atoms with Crippen LogP contribution >= 0.6 is 45.8 Å². The van der Waals surface area contributed by atoms with Crippen LogP contribution in [0, 0.1) is 3.57 Å². The highest BCUT2D eigenvalue weighted by atomic mass is 127. The summed E-state index contributed by atoms with van der Waals surface area (Å²) in [5.41, 5.74) is 1.56. The number of carbonyl (C=O) groups is 2. The molecule has 0 aliphatic heterocycles. The minimum Gasteiger partial charge on any atom is -0.484 e. The molecule has 1 fully saturated rings. The van der Waals surface area contributed by atoms with E-state index in [1.165, 1.54) is 6.42 Å². The summed E-state index contributed by atoms with van der Waals surface area (Å²) in [7, 11) is 0. The summed E-state index contributed by atoms with van der Waals surface area (Å²) in [6.45, 7) is -0.131. The maximum absolute atomic E-state index is 13.8. The van der Waals surface area contributed by atoms with Crippen LogP contribution in [0.15, 0.2) is 72.8 Å². The summed E-state index contributed by atoms with van der Waals surface area (Å²) >= 11 is 15.2. The zero-order valence-corrected chi connectivity index (χ0v) is 24.7. The molecular weight excluding hydrogens is 634 g/mol. The van der Waals surface area contributed by atoms with Gasteiger partial charge >= 0.3 is 0 Å². The lowest BCUT2D eigenvalue weighted by molar-refractivity contribution is -0.143. The number of benzene rings is 3. The van der Waals surface area contributed by atoms with Crippen molar-refractivity contribution in [1.82, 2.24) is 10.2 Å². The second-order valence-electron chi connectivity index (χ2n) is 9.51. The van der Waals surface area contributed by atoms with E-state index < -0.39 is 6.04 Å². The fourth-order valence-corrected chi connectivity index (χ4v) is 5.59. The topological polar surface area (TPSA) is 58.6 Å². The second kappa shape index (κ2) is 14.2. The fraction of sp³-hybridized carbons (Fsp3) is 0.333. The predicted octanol–water partition coefficient (Wildman–Crippen LogP) is 7.07. The molecule has 8 heteroatoms. The molecule has 0 saturated heterocycles. The predicted molar refractivity (Wildman–Crippen MR) is 161 cm³/mol. The van der Waals surface area contributed by atoms with Crippen LogP contribution in [0.5, 0.6) is 5.75 Å². The molecule has 1 N–H and O–H groups in total. The van der Waals surface area contributed by atoms with Crippen molar-refractivity contribution in [2.45, 2.75) is 57.2 Å². The molecule has 1 aliphatic carbocycles. The van der Waals surface area contributed by atoms with Gasteiger partial charge in [-0.25, -0.2) is 0 Å². The van der Waals surface area contributed by atoms with Crippen LogP contribution < -0.4 is 10.1 Å². The summed E-state index contributed by atoms with van der Waals surface area (Å²) in [6, 6.07) is 21.8. The molecule has 4 rings (SSSR count). The molecule has 38 heavy (non-hydrogen) atoms. The number of rotatable bonds is 10. The minimum absolute atomic E-state index is 0.0863. The van der Waals surface area contributed by atoms with E-state index in [-0.39, 0.29) is 31.0 Å². The number of carbonyl (C=O) groups excluding carboxylic acids is 2. The molecule has 3 aromatic rings. The smallest absolute Gasteiger partial charge is 0.261 e. The molecule has 3 aromatic carbocycles. The summed E-state index contributed by atoms with van der Waals surface area (Å²) in [4.78, 5) is 29.2. The Morgan fingerprint density at radius 1 is 0.921 bits per heavy atom. The first-order valence-electron chi connectivity index (χ1n) is 12.9. The third-order valence-corrected chi connectivity index (χ3v) is 8.22. The molecule has 1 atom stereocenters. The maximum Gasteiger partial charge on any atom is 0.261 e. The van der Waals surface area contributed by atoms with Crippen molar-refractivity contribution in [3.63, 3.8) is 0 Å². The van der Waals surface area contributed by atoms with E-state index in [0.29, 0.717) is 27.8 Å². The van der Waals surface area contributed by atoms with Gasteiger partial charge in [-0.2, -0.15) is 0 Å². The number of halogens is 3. The van der Waals surface area contributed by atoms with Crippen LogP contribution in [0.3, 0.4) is 0 Å². The number of hydrogen-bond acceptors (Lipinski definition) is 3. The quantitative estimate of drug-likeness (QED) is 0.236. The van der Waals surface area contributed by atoms with Crippen molar-refractivity contribution in [3.05, 3.63) is 97.5 Å². The zero-order chi connectivity index (χ0) is 26.9. The Hall–Kier alpha value is -2.29. The van der Waals surface area contributed by atoms with E-state index in [0.717, 1.165) is 34.8 Å². The number of nitrogens with zero attached hydrogens (tertiary/aromatic N) is 1. The normalized spacial score (nSPS) is 14.5. The molecule has 0 bridgehead atoms. The molecule has 200 valence electrons. The first-order valence-corrected chi connectivity index (χ1v) is 14.7. The molecule has 5 nitrogen and oxygen atoms in total. The highest BCUT2D eigenvalue weighted by Gasteiger charge is 2.33. The first-order chi connectivity index (χ1) is 18.4. The highest BCUT2D eigenvalue weighted by molar-refractivity contribution is 14.1. The third-order valence-electron chi connectivity index (χ3n) is 6.79. The van der Waals surface area contributed by atoms with E-state index in [2.05, 4.69) is 27.9 Å². The van der Waals surface area contributed by atoms with E-state index in [9.17, 15) is 9.59 Å². The fourth-order valence-electron chi connectivity index (χ4n) is 4.71. The van der Waals surface area contributed by atoms with Crippen LogP contribution in [0.4, 0.5) is 0 Å². The Labute approximate surface area is 248 Å². The monoisotopic (exact) mass is 664 g/mol. The van der Waals surface area contributed by atoms with Crippen LogP contribution in [-0.4, -0.2) is 35.4 Å². The molecule has 1 aliphatic rings. The van der Waals surface area contributed by atoms with Gasteiger partial charge in [0.25, 0.3) is 5.91 Å². The van der Waals surface area contributed by atoms with Gasteiger partial charge in [0, 0.05) is 38.2 Å². The van der Waals surface area contributed by atoms with Crippen molar-refractivity contribution in [3.8, 4) is 5.75 Å². The van der Waals surface area contributed by atoms with Gasteiger partial charge in [0.15, 0.2) is 6.61 Å². The van der Waals surface area contributed by atoms with Crippen molar-refractivity contribution < 1.29 is 14.3 Å². The lowest BCUT2D eigenvalue weighted by Crippen LogP contribution is -2.53. The van der Waals surface area contributed by atoms with Crippen molar-refractivity contribution >= 4 is 57.6 Å². The summed E-state index contributed by atoms with van der Waals surface area (Å²) in [5.74, 6) is 0.0894. The Morgan fingerprint density at radius 2 is 1.58 bits per heavy atom. The van der Waals surface area contributed by atoms with Gasteiger partial charge in [0.2, 0.25) is 5.91 Å². The van der Waals surface area contributed by atoms with E-state index in [1.807, 2.05) is 54.6 Å². The van der Waals surface area contributed by atoms with Crippen LogP contribution in [-0.2, 0) is 22.6 Å². The van der Waals surface area contributed by atoms with E-state index >= 15 is 0 Å². The van der Waals surface area contributed by atoms with Gasteiger partial charge in [0.1, 0.15) is 11.8 Å².